The quantitative estimate of drug-likeness (QED) is 0.796. The summed E-state index contributed by atoms with van der Waals surface area (Å²) in [7, 11) is 0. The first kappa shape index (κ1) is 19.6. The van der Waals surface area contributed by atoms with Crippen LogP contribution in [0.5, 0.6) is 5.75 Å². The minimum atomic E-state index is 0. The Balaban J connectivity index is 0.00000225. The van der Waals surface area contributed by atoms with E-state index in [4.69, 9.17) is 22.2 Å². The predicted molar refractivity (Wildman–Crippen MR) is 106 cm³/mol. The number of halogens is 2. The highest BCUT2D eigenvalue weighted by atomic mass is 35.5. The van der Waals surface area contributed by atoms with Crippen LogP contribution in [0.25, 0.3) is 0 Å². The van der Waals surface area contributed by atoms with Crippen LogP contribution in [0.1, 0.15) is 30.5 Å². The van der Waals surface area contributed by atoms with Gasteiger partial charge in [0.05, 0.1) is 24.2 Å². The molecule has 2 N–H and O–H groups in total. The largest absolute Gasteiger partial charge is 0.489 e. The van der Waals surface area contributed by atoms with Gasteiger partial charge in [0, 0.05) is 5.56 Å². The molecule has 0 aromatic heterocycles. The van der Waals surface area contributed by atoms with Crippen LogP contribution < -0.4 is 10.6 Å². The molecule has 2 aromatic rings. The van der Waals surface area contributed by atoms with Gasteiger partial charge in [-0.1, -0.05) is 41.9 Å². The summed E-state index contributed by atoms with van der Waals surface area (Å²) < 4.78 is 5.67. The van der Waals surface area contributed by atoms with Crippen molar-refractivity contribution in [3.05, 3.63) is 64.2 Å². The van der Waals surface area contributed by atoms with Gasteiger partial charge in [-0.25, -0.2) is 5.84 Å². The third kappa shape index (κ3) is 4.88. The fraction of sp³-hybridized carbons (Fsp3) is 0.316. The Labute approximate surface area is 160 Å². The molecule has 1 heterocycles. The molecule has 0 atom stereocenters. The zero-order valence-electron chi connectivity index (χ0n) is 14.4. The molecular formula is C19H23Cl2N3O. The molecule has 0 spiro atoms. The Hall–Kier alpha value is -1.75. The lowest BCUT2D eigenvalue weighted by molar-refractivity contribution is 0.242. The number of nitrogens with zero attached hydrogens (tertiary/aromatic N) is 2. The Bertz CT molecular complexity index is 745. The highest BCUT2D eigenvalue weighted by Gasteiger charge is 2.15. The number of aliphatic imine (C=N–C) groups is 1. The molecule has 1 aliphatic heterocycles. The van der Waals surface area contributed by atoms with Gasteiger partial charge in [0.15, 0.2) is 0 Å². The number of benzene rings is 2. The van der Waals surface area contributed by atoms with E-state index in [0.717, 1.165) is 42.2 Å². The van der Waals surface area contributed by atoms with Crippen LogP contribution in [0, 0.1) is 0 Å². The van der Waals surface area contributed by atoms with Crippen LogP contribution in [-0.4, -0.2) is 30.0 Å². The lowest BCUT2D eigenvalue weighted by atomic mass is 10.0. The van der Waals surface area contributed by atoms with Crippen molar-refractivity contribution in [3.8, 4) is 5.75 Å². The van der Waals surface area contributed by atoms with Crippen LogP contribution in [0.3, 0.4) is 0 Å². The van der Waals surface area contributed by atoms with E-state index in [1.165, 1.54) is 5.56 Å². The van der Waals surface area contributed by atoms with E-state index in [9.17, 15) is 0 Å². The van der Waals surface area contributed by atoms with E-state index in [2.05, 4.69) is 35.3 Å². The summed E-state index contributed by atoms with van der Waals surface area (Å²) in [5.41, 5.74) is 3.43. The van der Waals surface area contributed by atoms with Crippen LogP contribution >= 0.6 is 24.0 Å². The maximum absolute atomic E-state index is 6.31. The van der Waals surface area contributed by atoms with Gasteiger partial charge >= 0.3 is 0 Å². The molecule has 134 valence electrons. The normalized spacial score (nSPS) is 13.6. The van der Waals surface area contributed by atoms with Gasteiger partial charge in [-0.05, 0) is 43.5 Å². The van der Waals surface area contributed by atoms with Crippen molar-refractivity contribution in [2.45, 2.75) is 26.4 Å². The number of amidine groups is 1. The van der Waals surface area contributed by atoms with E-state index >= 15 is 0 Å². The van der Waals surface area contributed by atoms with Crippen molar-refractivity contribution < 1.29 is 4.74 Å². The maximum atomic E-state index is 6.31. The molecule has 0 saturated heterocycles. The van der Waals surface area contributed by atoms with Gasteiger partial charge in [-0.2, -0.15) is 0 Å². The molecule has 1 aliphatic rings. The average molecular weight is 380 g/mol. The van der Waals surface area contributed by atoms with Crippen LogP contribution in [0.15, 0.2) is 47.5 Å². The van der Waals surface area contributed by atoms with E-state index < -0.39 is 0 Å². The summed E-state index contributed by atoms with van der Waals surface area (Å²) in [4.78, 5) is 4.43. The van der Waals surface area contributed by atoms with E-state index in [-0.39, 0.29) is 18.5 Å². The monoisotopic (exact) mass is 379 g/mol. The second-order valence-corrected chi connectivity index (χ2v) is 6.61. The van der Waals surface area contributed by atoms with Crippen molar-refractivity contribution in [2.75, 3.05) is 13.1 Å². The SMILES string of the molecule is CC(C)Oc1ccc(Cc2ccc(C3=NCCN3N)cc2)cc1Cl.Cl. The van der Waals surface area contributed by atoms with Gasteiger partial charge in [0.25, 0.3) is 0 Å². The molecule has 2 aromatic carbocycles. The molecule has 0 radical (unpaired) electrons. The first-order valence-electron chi connectivity index (χ1n) is 8.14. The predicted octanol–water partition coefficient (Wildman–Crippen LogP) is 4.08. The van der Waals surface area contributed by atoms with Crippen molar-refractivity contribution >= 4 is 29.8 Å². The second-order valence-electron chi connectivity index (χ2n) is 6.20. The smallest absolute Gasteiger partial charge is 0.145 e. The Morgan fingerprint density at radius 2 is 1.84 bits per heavy atom. The van der Waals surface area contributed by atoms with Crippen molar-refractivity contribution in [1.29, 1.82) is 0 Å². The Morgan fingerprint density at radius 1 is 1.16 bits per heavy atom. The summed E-state index contributed by atoms with van der Waals surface area (Å²) in [5.74, 6) is 7.50. The average Bonchev–Trinajstić information content (AvgIpc) is 2.97. The summed E-state index contributed by atoms with van der Waals surface area (Å²) in [5, 5.41) is 2.35. The second kappa shape index (κ2) is 8.56. The molecule has 25 heavy (non-hydrogen) atoms. The number of rotatable bonds is 5. The van der Waals surface area contributed by atoms with Crippen molar-refractivity contribution in [1.82, 2.24) is 5.01 Å². The molecule has 0 unspecified atom stereocenters. The van der Waals surface area contributed by atoms with Gasteiger partial charge < -0.3 is 4.74 Å². The highest BCUT2D eigenvalue weighted by Crippen LogP contribution is 2.27. The van der Waals surface area contributed by atoms with Gasteiger partial charge in [-0.15, -0.1) is 12.4 Å². The van der Waals surface area contributed by atoms with Gasteiger partial charge in [0.1, 0.15) is 11.6 Å². The first-order valence-corrected chi connectivity index (χ1v) is 8.52. The molecule has 0 aliphatic carbocycles. The molecule has 0 fully saturated rings. The third-order valence-corrected chi connectivity index (χ3v) is 4.15. The molecule has 0 saturated carbocycles. The highest BCUT2D eigenvalue weighted by molar-refractivity contribution is 6.32. The Morgan fingerprint density at radius 3 is 2.40 bits per heavy atom. The maximum Gasteiger partial charge on any atom is 0.145 e. The van der Waals surface area contributed by atoms with Crippen LogP contribution in [0.4, 0.5) is 0 Å². The molecular weight excluding hydrogens is 357 g/mol. The van der Waals surface area contributed by atoms with Crippen molar-refractivity contribution in [2.24, 2.45) is 10.8 Å². The van der Waals surface area contributed by atoms with E-state index in [1.807, 2.05) is 26.0 Å². The van der Waals surface area contributed by atoms with E-state index in [1.54, 1.807) is 5.01 Å². The number of nitrogens with two attached hydrogens (primary N) is 1. The van der Waals surface area contributed by atoms with Crippen LogP contribution in [-0.2, 0) is 6.42 Å². The molecule has 4 nitrogen and oxygen atoms in total. The first-order chi connectivity index (χ1) is 11.5. The summed E-state index contributed by atoms with van der Waals surface area (Å²) >= 11 is 6.31. The van der Waals surface area contributed by atoms with Gasteiger partial charge in [0.2, 0.25) is 0 Å². The fourth-order valence-corrected chi connectivity index (χ4v) is 2.98. The number of hydrogen-bond acceptors (Lipinski definition) is 4. The lowest BCUT2D eigenvalue weighted by Gasteiger charge is -2.14. The molecule has 0 bridgehead atoms. The lowest BCUT2D eigenvalue weighted by Crippen LogP contribution is -2.34. The zero-order valence-corrected chi connectivity index (χ0v) is 16.0. The summed E-state index contributed by atoms with van der Waals surface area (Å²) in [6.07, 6.45) is 0.933. The number of ether oxygens (including phenoxy) is 1. The Kier molecular flexibility index (Phi) is 6.71. The van der Waals surface area contributed by atoms with Gasteiger partial charge in [-0.3, -0.25) is 10.0 Å². The molecule has 0 amide bonds. The zero-order chi connectivity index (χ0) is 17.1. The summed E-state index contributed by atoms with van der Waals surface area (Å²) in [6.45, 7) is 5.52. The number of hydrogen-bond donors (Lipinski definition) is 1. The standard InChI is InChI=1S/C19H22ClN3O.ClH/c1-13(2)24-18-8-5-15(12-17(18)20)11-14-3-6-16(7-4-14)19-22-9-10-23(19)21;/h3-8,12-13H,9-11,21H2,1-2H3;1H. The summed E-state index contributed by atoms with van der Waals surface area (Å²) in [6, 6.07) is 14.3. The van der Waals surface area contributed by atoms with Crippen LogP contribution in [0.2, 0.25) is 5.02 Å². The van der Waals surface area contributed by atoms with E-state index in [0.29, 0.717) is 5.02 Å². The molecule has 6 heteroatoms. The molecule has 3 rings (SSSR count). The fourth-order valence-electron chi connectivity index (χ4n) is 2.73. The third-order valence-electron chi connectivity index (χ3n) is 3.85. The number of hydrazine groups is 1. The van der Waals surface area contributed by atoms with Crippen molar-refractivity contribution in [3.63, 3.8) is 0 Å². The minimum absolute atomic E-state index is 0. The minimum Gasteiger partial charge on any atom is -0.489 e. The topological polar surface area (TPSA) is 50.8 Å².